The van der Waals surface area contributed by atoms with E-state index in [2.05, 4.69) is 40.0 Å². The lowest BCUT2D eigenvalue weighted by Gasteiger charge is -2.43. The van der Waals surface area contributed by atoms with Crippen LogP contribution in [0.2, 0.25) is 0 Å². The molecule has 2 aliphatic rings. The van der Waals surface area contributed by atoms with Crippen LogP contribution in [0.1, 0.15) is 45.1 Å². The Labute approximate surface area is 203 Å². The maximum atomic E-state index is 9.37. The molecule has 2 fully saturated rings. The first-order chi connectivity index (χ1) is 15.8. The summed E-state index contributed by atoms with van der Waals surface area (Å²) in [4.78, 5) is 11.6. The fourth-order valence-corrected chi connectivity index (χ4v) is 4.33. The fraction of sp³-hybridized carbons (Fsp3) is 0.462. The van der Waals surface area contributed by atoms with Crippen LogP contribution in [0.3, 0.4) is 0 Å². The van der Waals surface area contributed by atoms with Gasteiger partial charge in [-0.3, -0.25) is 0 Å². The summed E-state index contributed by atoms with van der Waals surface area (Å²) >= 11 is 3.47. The molecule has 2 aromatic rings. The second kappa shape index (κ2) is 10.2. The predicted molar refractivity (Wildman–Crippen MR) is 132 cm³/mol. The normalized spacial score (nSPS) is 25.6. The number of halogens is 1. The summed E-state index contributed by atoms with van der Waals surface area (Å²) in [7, 11) is 0. The SMILES string of the molecule is C=C(c1ccc(OC(C)(C)CO)cc1)C1COC2(CCC(Nc3ccc(Br)cc3)CC2)OO1. The average Bonchev–Trinajstić information content (AvgIpc) is 2.82. The maximum Gasteiger partial charge on any atom is 0.201 e. The van der Waals surface area contributed by atoms with Gasteiger partial charge in [-0.2, -0.15) is 0 Å². The van der Waals surface area contributed by atoms with Gasteiger partial charge in [-0.05, 0) is 74.2 Å². The van der Waals surface area contributed by atoms with Crippen molar-refractivity contribution in [3.63, 3.8) is 0 Å². The molecule has 1 aliphatic heterocycles. The van der Waals surface area contributed by atoms with Gasteiger partial charge in [-0.25, -0.2) is 9.78 Å². The lowest BCUT2D eigenvalue weighted by Crippen LogP contribution is -2.49. The average molecular weight is 518 g/mol. The molecule has 1 unspecified atom stereocenters. The highest BCUT2D eigenvalue weighted by atomic mass is 79.9. The monoisotopic (exact) mass is 517 g/mol. The van der Waals surface area contributed by atoms with Gasteiger partial charge in [0.15, 0.2) is 0 Å². The molecular formula is C26H32BrNO5. The Kier molecular flexibility index (Phi) is 7.46. The van der Waals surface area contributed by atoms with Crippen LogP contribution in [-0.2, 0) is 14.5 Å². The number of anilines is 1. The van der Waals surface area contributed by atoms with Crippen LogP contribution < -0.4 is 10.1 Å². The quantitative estimate of drug-likeness (QED) is 0.458. The second-order valence-electron chi connectivity index (χ2n) is 9.38. The number of aliphatic hydroxyl groups excluding tert-OH is 1. The first-order valence-electron chi connectivity index (χ1n) is 11.4. The third-order valence-electron chi connectivity index (χ3n) is 6.16. The summed E-state index contributed by atoms with van der Waals surface area (Å²) in [6, 6.07) is 16.2. The van der Waals surface area contributed by atoms with Crippen LogP contribution in [0.15, 0.2) is 59.6 Å². The van der Waals surface area contributed by atoms with E-state index in [4.69, 9.17) is 19.2 Å². The van der Waals surface area contributed by atoms with Crippen LogP contribution in [0.5, 0.6) is 5.75 Å². The van der Waals surface area contributed by atoms with Crippen LogP contribution in [0, 0.1) is 0 Å². The van der Waals surface area contributed by atoms with E-state index in [-0.39, 0.29) is 12.7 Å². The highest BCUT2D eigenvalue weighted by Crippen LogP contribution is 2.39. The number of ether oxygens (including phenoxy) is 2. The van der Waals surface area contributed by atoms with Crippen molar-refractivity contribution >= 4 is 27.2 Å². The molecule has 1 saturated carbocycles. The number of hydrogen-bond donors (Lipinski definition) is 2. The van der Waals surface area contributed by atoms with Crippen LogP contribution >= 0.6 is 15.9 Å². The third-order valence-corrected chi connectivity index (χ3v) is 6.69. The summed E-state index contributed by atoms with van der Waals surface area (Å²) in [5, 5.41) is 13.0. The van der Waals surface area contributed by atoms with Crippen LogP contribution in [0.4, 0.5) is 5.69 Å². The van der Waals surface area contributed by atoms with E-state index in [9.17, 15) is 5.11 Å². The van der Waals surface area contributed by atoms with Gasteiger partial charge in [-0.1, -0.05) is 34.6 Å². The molecule has 1 atom stereocenters. The first kappa shape index (κ1) is 24.2. The van der Waals surface area contributed by atoms with E-state index in [1.54, 1.807) is 0 Å². The Morgan fingerprint density at radius 2 is 1.82 bits per heavy atom. The van der Waals surface area contributed by atoms with Crippen LogP contribution in [0.25, 0.3) is 5.57 Å². The molecule has 7 heteroatoms. The molecule has 0 bridgehead atoms. The van der Waals surface area contributed by atoms with Gasteiger partial charge in [-0.15, -0.1) is 0 Å². The van der Waals surface area contributed by atoms with Crippen molar-refractivity contribution in [1.29, 1.82) is 0 Å². The number of rotatable bonds is 7. The fourth-order valence-electron chi connectivity index (χ4n) is 4.07. The Balaban J connectivity index is 1.26. The summed E-state index contributed by atoms with van der Waals surface area (Å²) in [6.07, 6.45) is 3.06. The van der Waals surface area contributed by atoms with Crippen molar-refractivity contribution < 1.29 is 24.4 Å². The minimum Gasteiger partial charge on any atom is -0.485 e. The lowest BCUT2D eigenvalue weighted by molar-refractivity contribution is -0.483. The summed E-state index contributed by atoms with van der Waals surface area (Å²) in [5.74, 6) is 0.0116. The maximum absolute atomic E-state index is 9.37. The molecule has 1 saturated heterocycles. The molecule has 0 aromatic heterocycles. The van der Waals surface area contributed by atoms with Crippen LogP contribution in [-0.4, -0.2) is 41.9 Å². The molecule has 33 heavy (non-hydrogen) atoms. The van der Waals surface area contributed by atoms with Crippen molar-refractivity contribution in [2.75, 3.05) is 18.5 Å². The lowest BCUT2D eigenvalue weighted by atomic mass is 9.89. The summed E-state index contributed by atoms with van der Waals surface area (Å²) in [6.45, 7) is 8.21. The van der Waals surface area contributed by atoms with Crippen molar-refractivity contribution in [1.82, 2.24) is 0 Å². The molecule has 2 N–H and O–H groups in total. The van der Waals surface area contributed by atoms with E-state index in [0.29, 0.717) is 18.4 Å². The Hall–Kier alpha value is -1.90. The Bertz CT molecular complexity index is 926. The number of aliphatic hydroxyl groups is 1. The standard InChI is InChI=1S/C26H32BrNO5/c1-18(19-4-10-23(11-5-19)31-25(2,3)17-29)24-16-30-26(33-32-24)14-12-22(13-15-26)28-21-8-6-20(27)7-9-21/h4-11,22,24,28-29H,1,12-17H2,2-3H3. The van der Waals surface area contributed by atoms with E-state index in [1.807, 2.05) is 50.2 Å². The topological polar surface area (TPSA) is 69.2 Å². The zero-order valence-corrected chi connectivity index (χ0v) is 20.8. The zero-order valence-electron chi connectivity index (χ0n) is 19.2. The smallest absolute Gasteiger partial charge is 0.201 e. The summed E-state index contributed by atoms with van der Waals surface area (Å²) in [5.41, 5.74) is 2.21. The van der Waals surface area contributed by atoms with Gasteiger partial charge in [0.05, 0.1) is 13.2 Å². The third kappa shape index (κ3) is 6.16. The Morgan fingerprint density at radius 1 is 1.15 bits per heavy atom. The second-order valence-corrected chi connectivity index (χ2v) is 10.3. The number of benzene rings is 2. The predicted octanol–water partition coefficient (Wildman–Crippen LogP) is 5.71. The molecule has 2 aromatic carbocycles. The molecule has 1 aliphatic carbocycles. The number of hydrogen-bond acceptors (Lipinski definition) is 6. The van der Waals surface area contributed by atoms with Crippen molar-refractivity contribution in [3.05, 3.63) is 65.1 Å². The minimum absolute atomic E-state index is 0.0607. The van der Waals surface area contributed by atoms with Gasteiger partial charge >= 0.3 is 0 Å². The summed E-state index contributed by atoms with van der Waals surface area (Å²) < 4.78 is 13.0. The number of nitrogens with one attached hydrogen (secondary N) is 1. The zero-order chi connectivity index (χ0) is 23.5. The Morgan fingerprint density at radius 3 is 2.39 bits per heavy atom. The van der Waals surface area contributed by atoms with Gasteiger partial charge in [0.2, 0.25) is 5.79 Å². The van der Waals surface area contributed by atoms with E-state index < -0.39 is 11.4 Å². The van der Waals surface area contributed by atoms with E-state index in [1.165, 1.54) is 0 Å². The molecule has 4 rings (SSSR count). The first-order valence-corrected chi connectivity index (χ1v) is 12.2. The highest BCUT2D eigenvalue weighted by Gasteiger charge is 2.43. The van der Waals surface area contributed by atoms with Gasteiger partial charge in [0.25, 0.3) is 0 Å². The molecule has 0 amide bonds. The van der Waals surface area contributed by atoms with Gasteiger partial charge in [0.1, 0.15) is 17.5 Å². The van der Waals surface area contributed by atoms with Crippen molar-refractivity contribution in [3.8, 4) is 5.75 Å². The molecule has 0 radical (unpaired) electrons. The van der Waals surface area contributed by atoms with Crippen molar-refractivity contribution in [2.24, 2.45) is 0 Å². The highest BCUT2D eigenvalue weighted by molar-refractivity contribution is 9.10. The molecular weight excluding hydrogens is 486 g/mol. The van der Waals surface area contributed by atoms with Gasteiger partial charge < -0.3 is 19.9 Å². The molecule has 1 heterocycles. The van der Waals surface area contributed by atoms with Crippen molar-refractivity contribution in [2.45, 2.75) is 63.1 Å². The minimum atomic E-state index is -0.678. The van der Waals surface area contributed by atoms with E-state index >= 15 is 0 Å². The largest absolute Gasteiger partial charge is 0.485 e. The molecule has 6 nitrogen and oxygen atoms in total. The molecule has 1 spiro atoms. The molecule has 178 valence electrons. The van der Waals surface area contributed by atoms with Gasteiger partial charge in [0, 0.05) is 29.0 Å². The van der Waals surface area contributed by atoms with E-state index in [0.717, 1.165) is 47.0 Å².